The summed E-state index contributed by atoms with van der Waals surface area (Å²) >= 11 is 0. The van der Waals surface area contributed by atoms with Crippen molar-refractivity contribution in [3.05, 3.63) is 0 Å². The van der Waals surface area contributed by atoms with Crippen LogP contribution in [0.15, 0.2) is 4.99 Å². The second kappa shape index (κ2) is 2.10. The van der Waals surface area contributed by atoms with E-state index >= 15 is 0 Å². The van der Waals surface area contributed by atoms with Crippen molar-refractivity contribution in [2.24, 2.45) is 4.99 Å². The average molecular weight is 99.1 g/mol. The zero-order valence-electron chi connectivity index (χ0n) is 4.78. The summed E-state index contributed by atoms with van der Waals surface area (Å²) in [5, 5.41) is 0. The van der Waals surface area contributed by atoms with Gasteiger partial charge in [0.15, 0.2) is 0 Å². The van der Waals surface area contributed by atoms with Gasteiger partial charge in [0.25, 0.3) is 0 Å². The molecule has 0 spiro atoms. The van der Waals surface area contributed by atoms with Gasteiger partial charge in [-0.25, -0.2) is 0 Å². The molecular weight excluding hydrogens is 88.1 g/mol. The van der Waals surface area contributed by atoms with Crippen molar-refractivity contribution < 1.29 is 0 Å². The van der Waals surface area contributed by atoms with Crippen molar-refractivity contribution in [3.8, 4) is 0 Å². The lowest BCUT2D eigenvalue weighted by Gasteiger charge is -1.86. The SMILES string of the molecule is [13CH3][13CH2]C1=NCCC1. The van der Waals surface area contributed by atoms with Crippen molar-refractivity contribution in [3.63, 3.8) is 0 Å². The van der Waals surface area contributed by atoms with Crippen LogP contribution in [0.1, 0.15) is 26.2 Å². The van der Waals surface area contributed by atoms with Gasteiger partial charge in [-0.1, -0.05) is 6.92 Å². The lowest BCUT2D eigenvalue weighted by molar-refractivity contribution is 0.948. The van der Waals surface area contributed by atoms with Gasteiger partial charge >= 0.3 is 0 Å². The molecule has 0 N–H and O–H groups in total. The molecule has 1 nitrogen and oxygen atoms in total. The maximum atomic E-state index is 4.27. The van der Waals surface area contributed by atoms with Crippen LogP contribution in [-0.4, -0.2) is 12.3 Å². The third-order valence-electron chi connectivity index (χ3n) is 1.37. The molecule has 1 heteroatoms. The highest BCUT2D eigenvalue weighted by Crippen LogP contribution is 2.05. The third kappa shape index (κ3) is 1.02. The van der Waals surface area contributed by atoms with Crippen LogP contribution in [0, 0.1) is 0 Å². The Hall–Kier alpha value is -0.330. The number of hydrogen-bond acceptors (Lipinski definition) is 1. The normalized spacial score (nSPS) is 19.9. The van der Waals surface area contributed by atoms with E-state index in [4.69, 9.17) is 0 Å². The Morgan fingerprint density at radius 2 is 2.57 bits per heavy atom. The molecule has 0 amide bonds. The van der Waals surface area contributed by atoms with Crippen LogP contribution in [0.2, 0.25) is 0 Å². The van der Waals surface area contributed by atoms with Crippen molar-refractivity contribution in [2.45, 2.75) is 26.2 Å². The standard InChI is InChI=1S/C6H11N/c1-2-6-4-3-5-7-6/h2-5H2,1H3/i1+1,2+1. The predicted molar refractivity (Wildman–Crippen MR) is 31.8 cm³/mol. The molecule has 1 heterocycles. The lowest BCUT2D eigenvalue weighted by Crippen LogP contribution is -1.86. The van der Waals surface area contributed by atoms with Crippen LogP contribution in [0.3, 0.4) is 0 Å². The molecule has 0 bridgehead atoms. The first kappa shape index (κ1) is 4.82. The van der Waals surface area contributed by atoms with Gasteiger partial charge in [-0.15, -0.1) is 0 Å². The third-order valence-corrected chi connectivity index (χ3v) is 1.37. The maximum Gasteiger partial charge on any atom is 0.0392 e. The average Bonchev–Trinajstić information content (AvgIpc) is 2.14. The van der Waals surface area contributed by atoms with E-state index in [1.54, 1.807) is 0 Å². The van der Waals surface area contributed by atoms with Crippen LogP contribution in [0.25, 0.3) is 0 Å². The molecule has 40 valence electrons. The minimum Gasteiger partial charge on any atom is -0.294 e. The fourth-order valence-electron chi connectivity index (χ4n) is 0.888. The fraction of sp³-hybridized carbons (Fsp3) is 0.833. The number of rotatable bonds is 1. The van der Waals surface area contributed by atoms with Gasteiger partial charge in [-0.3, -0.25) is 4.99 Å². The van der Waals surface area contributed by atoms with Gasteiger partial charge in [0.05, 0.1) is 0 Å². The lowest BCUT2D eigenvalue weighted by atomic mass is 10.3. The topological polar surface area (TPSA) is 12.4 Å². The molecule has 0 saturated heterocycles. The Morgan fingerprint density at radius 1 is 1.71 bits per heavy atom. The van der Waals surface area contributed by atoms with Gasteiger partial charge < -0.3 is 0 Å². The molecule has 0 saturated carbocycles. The zero-order chi connectivity index (χ0) is 5.11. The van der Waals surface area contributed by atoms with Crippen molar-refractivity contribution in [1.82, 2.24) is 0 Å². The molecule has 0 aliphatic carbocycles. The molecule has 1 rings (SSSR count). The van der Waals surface area contributed by atoms with Crippen LogP contribution in [0.5, 0.6) is 0 Å². The predicted octanol–water partition coefficient (Wildman–Crippen LogP) is 1.63. The van der Waals surface area contributed by atoms with Gasteiger partial charge in [-0.2, -0.15) is 0 Å². The van der Waals surface area contributed by atoms with Gasteiger partial charge in [0, 0.05) is 12.3 Å². The summed E-state index contributed by atoms with van der Waals surface area (Å²) in [5.41, 5.74) is 1.42. The Bertz CT molecular complexity index is 84.2. The van der Waals surface area contributed by atoms with E-state index in [1.165, 1.54) is 25.0 Å². The molecule has 7 heavy (non-hydrogen) atoms. The molecular formula is C6H11N. The van der Waals surface area contributed by atoms with Gasteiger partial charge in [-0.05, 0) is 19.3 Å². The van der Waals surface area contributed by atoms with E-state index in [1.807, 2.05) is 0 Å². The summed E-state index contributed by atoms with van der Waals surface area (Å²) in [7, 11) is 0. The van der Waals surface area contributed by atoms with E-state index in [0.29, 0.717) is 0 Å². The molecule has 0 aromatic carbocycles. The summed E-state index contributed by atoms with van der Waals surface area (Å²) in [6.45, 7) is 3.26. The van der Waals surface area contributed by atoms with Gasteiger partial charge in [0.1, 0.15) is 0 Å². The highest BCUT2D eigenvalue weighted by Gasteiger charge is 2.00. The minimum atomic E-state index is 1.09. The zero-order valence-corrected chi connectivity index (χ0v) is 4.78. The largest absolute Gasteiger partial charge is 0.294 e. The fourth-order valence-corrected chi connectivity index (χ4v) is 0.888. The van der Waals surface area contributed by atoms with Crippen LogP contribution < -0.4 is 0 Å². The number of hydrogen-bond donors (Lipinski definition) is 0. The summed E-state index contributed by atoms with van der Waals surface area (Å²) in [6.07, 6.45) is 3.72. The van der Waals surface area contributed by atoms with Crippen LogP contribution in [0.4, 0.5) is 0 Å². The smallest absolute Gasteiger partial charge is 0.0392 e. The second-order valence-corrected chi connectivity index (χ2v) is 1.91. The van der Waals surface area contributed by atoms with Crippen molar-refractivity contribution in [2.75, 3.05) is 6.54 Å². The van der Waals surface area contributed by atoms with Crippen molar-refractivity contribution >= 4 is 5.71 Å². The molecule has 1 aliphatic rings. The molecule has 0 unspecified atom stereocenters. The summed E-state index contributed by atoms with van der Waals surface area (Å²) in [6, 6.07) is 0. The molecule has 0 radical (unpaired) electrons. The maximum absolute atomic E-state index is 4.27. The molecule has 1 aliphatic heterocycles. The Labute approximate surface area is 44.5 Å². The van der Waals surface area contributed by atoms with E-state index in [9.17, 15) is 0 Å². The first-order chi connectivity index (χ1) is 3.43. The summed E-state index contributed by atoms with van der Waals surface area (Å²) < 4.78 is 0. The summed E-state index contributed by atoms with van der Waals surface area (Å²) in [5.74, 6) is 0. The highest BCUT2D eigenvalue weighted by atomic mass is 14.8. The Balaban J connectivity index is 2.36. The minimum absolute atomic E-state index is 1.09. The monoisotopic (exact) mass is 99.1 g/mol. The van der Waals surface area contributed by atoms with Crippen LogP contribution in [-0.2, 0) is 0 Å². The number of aliphatic imine (C=N–C) groups is 1. The molecule has 0 aromatic heterocycles. The first-order valence-electron chi connectivity index (χ1n) is 2.95. The second-order valence-electron chi connectivity index (χ2n) is 1.91. The van der Waals surface area contributed by atoms with Gasteiger partial charge in [0.2, 0.25) is 0 Å². The number of nitrogens with zero attached hydrogens (tertiary/aromatic N) is 1. The first-order valence-corrected chi connectivity index (χ1v) is 2.95. The van der Waals surface area contributed by atoms with E-state index in [0.717, 1.165) is 6.54 Å². The highest BCUT2D eigenvalue weighted by molar-refractivity contribution is 5.85. The molecule has 0 fully saturated rings. The van der Waals surface area contributed by atoms with E-state index < -0.39 is 0 Å². The van der Waals surface area contributed by atoms with E-state index in [-0.39, 0.29) is 0 Å². The van der Waals surface area contributed by atoms with E-state index in [2.05, 4.69) is 11.9 Å². The Morgan fingerprint density at radius 3 is 2.86 bits per heavy atom. The summed E-state index contributed by atoms with van der Waals surface area (Å²) in [4.78, 5) is 4.27. The van der Waals surface area contributed by atoms with Crippen molar-refractivity contribution in [1.29, 1.82) is 0 Å². The molecule has 0 aromatic rings. The van der Waals surface area contributed by atoms with Crippen LogP contribution >= 0.6 is 0 Å². The Kier molecular flexibility index (Phi) is 1.45. The quantitative estimate of drug-likeness (QED) is 0.443. The molecule has 0 atom stereocenters.